The van der Waals surface area contributed by atoms with Gasteiger partial charge < -0.3 is 9.47 Å². The summed E-state index contributed by atoms with van der Waals surface area (Å²) in [5.74, 6) is 0.818. The number of unbranched alkanes of at least 4 members (excludes halogenated alkanes) is 5. The highest BCUT2D eigenvalue weighted by Gasteiger charge is 2.38. The van der Waals surface area contributed by atoms with E-state index in [2.05, 4.69) is 40.3 Å². The fraction of sp³-hybridized carbons (Fsp3) is 1.00. The number of hydrogen-bond acceptors (Lipinski definition) is 3. The highest BCUT2D eigenvalue weighted by Crippen LogP contribution is 2.33. The van der Waals surface area contributed by atoms with Gasteiger partial charge in [-0.15, -0.1) is 0 Å². The minimum atomic E-state index is -0.419. The van der Waals surface area contributed by atoms with Crippen LogP contribution in [0.1, 0.15) is 91.9 Å². The van der Waals surface area contributed by atoms with E-state index in [4.69, 9.17) is 9.47 Å². The Kier molecular flexibility index (Phi) is 15.0. The Hall–Kier alpha value is 0.270. The quantitative estimate of drug-likeness (QED) is 0.205. The van der Waals surface area contributed by atoms with E-state index in [1.807, 2.05) is 0 Å². The minimum absolute atomic E-state index is 0.394. The van der Waals surface area contributed by atoms with Gasteiger partial charge in [-0.2, -0.15) is 12.6 Å². The Morgan fingerprint density at radius 1 is 0.773 bits per heavy atom. The molecule has 1 atom stereocenters. The van der Waals surface area contributed by atoms with Gasteiger partial charge in [0.15, 0.2) is 5.79 Å². The number of ether oxygens (including phenoxy) is 2. The first-order valence-electron chi connectivity index (χ1n) is 9.59. The van der Waals surface area contributed by atoms with E-state index >= 15 is 0 Å². The van der Waals surface area contributed by atoms with Gasteiger partial charge in [-0.05, 0) is 31.4 Å². The van der Waals surface area contributed by atoms with Crippen molar-refractivity contribution in [1.29, 1.82) is 0 Å². The molecule has 134 valence electrons. The van der Waals surface area contributed by atoms with Gasteiger partial charge >= 0.3 is 0 Å². The van der Waals surface area contributed by atoms with E-state index < -0.39 is 5.79 Å². The van der Waals surface area contributed by atoms with Crippen molar-refractivity contribution in [3.63, 3.8) is 0 Å². The molecule has 3 heteroatoms. The first-order chi connectivity index (χ1) is 10.7. The van der Waals surface area contributed by atoms with Gasteiger partial charge in [0.2, 0.25) is 0 Å². The maximum absolute atomic E-state index is 6.21. The van der Waals surface area contributed by atoms with Crippen LogP contribution in [0.4, 0.5) is 0 Å². The minimum Gasteiger partial charge on any atom is -0.350 e. The second kappa shape index (κ2) is 14.8. The Morgan fingerprint density at radius 2 is 1.32 bits per heavy atom. The summed E-state index contributed by atoms with van der Waals surface area (Å²) < 4.78 is 12.4. The van der Waals surface area contributed by atoms with Gasteiger partial charge in [0, 0.05) is 19.1 Å². The highest BCUT2D eigenvalue weighted by atomic mass is 32.1. The number of hydrogen-bond donors (Lipinski definition) is 1. The predicted octanol–water partition coefficient (Wildman–Crippen LogP) is 6.24. The van der Waals surface area contributed by atoms with E-state index in [9.17, 15) is 0 Å². The fourth-order valence-corrected chi connectivity index (χ4v) is 3.40. The molecule has 0 aromatic rings. The third-order valence-electron chi connectivity index (χ3n) is 4.34. The van der Waals surface area contributed by atoms with Crippen LogP contribution in [-0.4, -0.2) is 24.8 Å². The van der Waals surface area contributed by atoms with Crippen LogP contribution in [0.3, 0.4) is 0 Å². The molecule has 0 N–H and O–H groups in total. The Balaban J connectivity index is 4.46. The van der Waals surface area contributed by atoms with Crippen molar-refractivity contribution in [1.82, 2.24) is 0 Å². The molecule has 0 rings (SSSR count). The fourth-order valence-electron chi connectivity index (χ4n) is 2.94. The third-order valence-corrected chi connectivity index (χ3v) is 4.78. The van der Waals surface area contributed by atoms with E-state index in [0.717, 1.165) is 44.6 Å². The lowest BCUT2D eigenvalue weighted by Crippen LogP contribution is -2.44. The first kappa shape index (κ1) is 22.3. The molecular formula is C19H40O2S. The van der Waals surface area contributed by atoms with Crippen LogP contribution in [0, 0.1) is 5.92 Å². The van der Waals surface area contributed by atoms with Crippen LogP contribution in [0.15, 0.2) is 0 Å². The molecule has 0 fully saturated rings. The molecule has 1 unspecified atom stereocenters. The second-order valence-electron chi connectivity index (χ2n) is 6.30. The number of rotatable bonds is 16. The summed E-state index contributed by atoms with van der Waals surface area (Å²) in [6.45, 7) is 10.3. The molecule has 0 aromatic heterocycles. The van der Waals surface area contributed by atoms with Crippen LogP contribution in [-0.2, 0) is 9.47 Å². The van der Waals surface area contributed by atoms with E-state index in [-0.39, 0.29) is 0 Å². The molecule has 0 aliphatic carbocycles. The molecule has 0 bridgehead atoms. The summed E-state index contributed by atoms with van der Waals surface area (Å²) in [6.07, 6.45) is 12.2. The molecular weight excluding hydrogens is 292 g/mol. The van der Waals surface area contributed by atoms with Gasteiger partial charge in [-0.25, -0.2) is 0 Å². The molecule has 0 aliphatic rings. The van der Waals surface area contributed by atoms with Crippen molar-refractivity contribution in [2.75, 3.05) is 19.0 Å². The largest absolute Gasteiger partial charge is 0.350 e. The van der Waals surface area contributed by atoms with Gasteiger partial charge in [-0.1, -0.05) is 66.2 Å². The molecule has 0 aromatic carbocycles. The van der Waals surface area contributed by atoms with E-state index in [1.54, 1.807) is 0 Å². The molecule has 0 aliphatic heterocycles. The summed E-state index contributed by atoms with van der Waals surface area (Å²) in [5, 5.41) is 0. The van der Waals surface area contributed by atoms with Gasteiger partial charge in [0.25, 0.3) is 0 Å². The zero-order valence-corrected chi connectivity index (χ0v) is 16.4. The lowest BCUT2D eigenvalue weighted by atomic mass is 9.91. The summed E-state index contributed by atoms with van der Waals surface area (Å²) >= 11 is 4.61. The topological polar surface area (TPSA) is 18.5 Å². The molecule has 0 radical (unpaired) electrons. The summed E-state index contributed by atoms with van der Waals surface area (Å²) in [5.41, 5.74) is 0. The van der Waals surface area contributed by atoms with E-state index in [1.165, 1.54) is 38.5 Å². The normalized spacial score (nSPS) is 13.5. The van der Waals surface area contributed by atoms with Crippen LogP contribution in [0.5, 0.6) is 0 Å². The molecule has 22 heavy (non-hydrogen) atoms. The average molecular weight is 333 g/mol. The average Bonchev–Trinajstić information content (AvgIpc) is 2.55. The molecule has 0 saturated carbocycles. The van der Waals surface area contributed by atoms with Crippen molar-refractivity contribution in [3.8, 4) is 0 Å². The van der Waals surface area contributed by atoms with Crippen LogP contribution in [0.25, 0.3) is 0 Å². The van der Waals surface area contributed by atoms with Crippen LogP contribution >= 0.6 is 12.6 Å². The lowest BCUT2D eigenvalue weighted by molar-refractivity contribution is -0.266. The maximum atomic E-state index is 6.21. The molecule has 2 nitrogen and oxygen atoms in total. The summed E-state index contributed by atoms with van der Waals surface area (Å²) in [6, 6.07) is 0. The molecule has 0 amide bonds. The van der Waals surface area contributed by atoms with Crippen LogP contribution in [0.2, 0.25) is 0 Å². The summed E-state index contributed by atoms with van der Waals surface area (Å²) in [4.78, 5) is 0. The smallest absolute Gasteiger partial charge is 0.171 e. The van der Waals surface area contributed by atoms with Crippen molar-refractivity contribution in [2.24, 2.45) is 5.92 Å². The molecule has 0 saturated heterocycles. The third kappa shape index (κ3) is 8.79. The summed E-state index contributed by atoms with van der Waals surface area (Å²) in [7, 11) is 0. The van der Waals surface area contributed by atoms with Crippen molar-refractivity contribution in [3.05, 3.63) is 0 Å². The van der Waals surface area contributed by atoms with E-state index in [0.29, 0.717) is 5.92 Å². The Bertz CT molecular complexity index is 225. The van der Waals surface area contributed by atoms with Crippen molar-refractivity contribution < 1.29 is 9.47 Å². The van der Waals surface area contributed by atoms with Gasteiger partial charge in [-0.3, -0.25) is 0 Å². The SMILES string of the molecule is CCCCCCCCC(CS)C(CC)(OCCC)OCCC. The lowest BCUT2D eigenvalue weighted by Gasteiger charge is -2.39. The standard InChI is InChI=1S/C19H40O2S/c1-5-9-10-11-12-13-14-18(17-22)19(8-4,20-15-6-2)21-16-7-3/h18,22H,5-17H2,1-4H3. The zero-order valence-electron chi connectivity index (χ0n) is 15.5. The maximum Gasteiger partial charge on any atom is 0.171 e. The molecule has 0 spiro atoms. The molecule has 0 heterocycles. The van der Waals surface area contributed by atoms with Crippen LogP contribution < -0.4 is 0 Å². The monoisotopic (exact) mass is 332 g/mol. The highest BCUT2D eigenvalue weighted by molar-refractivity contribution is 7.80. The van der Waals surface area contributed by atoms with Gasteiger partial charge in [0.05, 0.1) is 0 Å². The predicted molar refractivity (Wildman–Crippen MR) is 101 cm³/mol. The van der Waals surface area contributed by atoms with Crippen molar-refractivity contribution >= 4 is 12.6 Å². The Morgan fingerprint density at radius 3 is 1.77 bits per heavy atom. The van der Waals surface area contributed by atoms with Crippen molar-refractivity contribution in [2.45, 2.75) is 97.7 Å². The Labute approximate surface area is 145 Å². The zero-order chi connectivity index (χ0) is 16.7. The number of thiol groups is 1. The first-order valence-corrected chi connectivity index (χ1v) is 10.2. The van der Waals surface area contributed by atoms with Gasteiger partial charge in [0.1, 0.15) is 0 Å². The second-order valence-corrected chi connectivity index (χ2v) is 6.66.